The van der Waals surface area contributed by atoms with Crippen molar-refractivity contribution < 1.29 is 23.8 Å². The first-order valence-corrected chi connectivity index (χ1v) is 9.55. The van der Waals surface area contributed by atoms with Crippen LogP contribution in [-0.4, -0.2) is 44.8 Å². The van der Waals surface area contributed by atoms with E-state index in [0.717, 1.165) is 31.2 Å². The molecule has 0 unspecified atom stereocenters. The average Bonchev–Trinajstić information content (AvgIpc) is 2.95. The minimum absolute atomic E-state index is 0.119. The van der Waals surface area contributed by atoms with Crippen LogP contribution in [0.1, 0.15) is 50.1 Å². The number of morpholine rings is 1. The summed E-state index contributed by atoms with van der Waals surface area (Å²) in [5.41, 5.74) is 0.738. The van der Waals surface area contributed by atoms with Gasteiger partial charge in [0.15, 0.2) is 17.6 Å². The molecule has 2 amide bonds. The van der Waals surface area contributed by atoms with E-state index in [1.807, 2.05) is 6.07 Å². The first-order valence-electron chi connectivity index (χ1n) is 9.55. The maximum absolute atomic E-state index is 12.9. The molecule has 0 radical (unpaired) electrons. The molecule has 7 heteroatoms. The van der Waals surface area contributed by atoms with Crippen molar-refractivity contribution >= 4 is 11.8 Å². The fourth-order valence-electron chi connectivity index (χ4n) is 3.79. The number of hydrogen-bond donors (Lipinski definition) is 2. The van der Waals surface area contributed by atoms with Gasteiger partial charge >= 0.3 is 0 Å². The molecule has 27 heavy (non-hydrogen) atoms. The van der Waals surface area contributed by atoms with Crippen molar-refractivity contribution in [3.63, 3.8) is 0 Å². The van der Waals surface area contributed by atoms with Gasteiger partial charge in [0.2, 0.25) is 5.91 Å². The Morgan fingerprint density at radius 2 is 1.81 bits per heavy atom. The molecule has 148 valence electrons. The Morgan fingerprint density at radius 1 is 1.11 bits per heavy atom. The standard InChI is InChI=1S/C20H28N2O5/c1-25-15-10-9-13(11-16(15)26-2)18-19(27-12-17(23)22-18)20(24)21-14-7-5-3-4-6-8-14/h9-11,14,18-19H,3-8,12H2,1-2H3,(H,21,24)(H,22,23)/t18-,19+/m1/s1. The van der Waals surface area contributed by atoms with Crippen LogP contribution in [-0.2, 0) is 14.3 Å². The zero-order chi connectivity index (χ0) is 19.2. The first-order chi connectivity index (χ1) is 13.1. The summed E-state index contributed by atoms with van der Waals surface area (Å²) in [5, 5.41) is 6.00. The number of carbonyl (C=O) groups is 2. The SMILES string of the molecule is COc1ccc([C@H]2NC(=O)CO[C@@H]2C(=O)NC2CCCCCC2)cc1OC. The molecule has 0 bridgehead atoms. The van der Waals surface area contributed by atoms with Crippen LogP contribution in [0.4, 0.5) is 0 Å². The molecule has 1 heterocycles. The van der Waals surface area contributed by atoms with Crippen molar-refractivity contribution in [3.8, 4) is 11.5 Å². The Morgan fingerprint density at radius 3 is 2.48 bits per heavy atom. The maximum Gasteiger partial charge on any atom is 0.251 e. The second-order valence-electron chi connectivity index (χ2n) is 7.09. The highest BCUT2D eigenvalue weighted by Gasteiger charge is 2.37. The van der Waals surface area contributed by atoms with Crippen molar-refractivity contribution in [2.45, 2.75) is 56.7 Å². The largest absolute Gasteiger partial charge is 0.493 e. The monoisotopic (exact) mass is 376 g/mol. The molecule has 1 saturated carbocycles. The molecule has 0 aromatic heterocycles. The third-order valence-corrected chi connectivity index (χ3v) is 5.24. The van der Waals surface area contributed by atoms with Crippen molar-refractivity contribution in [1.29, 1.82) is 0 Å². The lowest BCUT2D eigenvalue weighted by Gasteiger charge is -2.33. The first kappa shape index (κ1) is 19.5. The van der Waals surface area contributed by atoms with Gasteiger partial charge in [-0.05, 0) is 30.5 Å². The third-order valence-electron chi connectivity index (χ3n) is 5.24. The Kier molecular flexibility index (Phi) is 6.55. The summed E-state index contributed by atoms with van der Waals surface area (Å²) in [5.74, 6) is 0.705. The number of methoxy groups -OCH3 is 2. The molecule has 2 fully saturated rings. The Labute approximate surface area is 159 Å². The second kappa shape index (κ2) is 9.08. The Bertz CT molecular complexity index is 670. The molecule has 2 N–H and O–H groups in total. The minimum atomic E-state index is -0.774. The summed E-state index contributed by atoms with van der Waals surface area (Å²) < 4.78 is 16.2. The van der Waals surface area contributed by atoms with E-state index in [1.54, 1.807) is 26.4 Å². The van der Waals surface area contributed by atoms with Gasteiger partial charge in [-0.15, -0.1) is 0 Å². The topological polar surface area (TPSA) is 85.9 Å². The van der Waals surface area contributed by atoms with Gasteiger partial charge in [-0.3, -0.25) is 9.59 Å². The fourth-order valence-corrected chi connectivity index (χ4v) is 3.79. The highest BCUT2D eigenvalue weighted by Crippen LogP contribution is 2.32. The number of hydrogen-bond acceptors (Lipinski definition) is 5. The summed E-state index contributed by atoms with van der Waals surface area (Å²) >= 11 is 0. The normalized spacial score (nSPS) is 23.9. The lowest BCUT2D eigenvalue weighted by atomic mass is 9.98. The van der Waals surface area contributed by atoms with Gasteiger partial charge in [0, 0.05) is 6.04 Å². The van der Waals surface area contributed by atoms with Crippen molar-refractivity contribution in [2.24, 2.45) is 0 Å². The maximum atomic E-state index is 12.9. The molecule has 1 aromatic carbocycles. The zero-order valence-corrected chi connectivity index (χ0v) is 16.0. The van der Waals surface area contributed by atoms with Gasteiger partial charge < -0.3 is 24.8 Å². The summed E-state index contributed by atoms with van der Waals surface area (Å²) in [6, 6.07) is 4.94. The zero-order valence-electron chi connectivity index (χ0n) is 16.0. The van der Waals surface area contributed by atoms with Gasteiger partial charge in [0.05, 0.1) is 20.3 Å². The van der Waals surface area contributed by atoms with Gasteiger partial charge in [-0.1, -0.05) is 31.7 Å². The molecule has 7 nitrogen and oxygen atoms in total. The van der Waals surface area contributed by atoms with Crippen LogP contribution >= 0.6 is 0 Å². The quantitative estimate of drug-likeness (QED) is 0.769. The van der Waals surface area contributed by atoms with Crippen LogP contribution in [0.25, 0.3) is 0 Å². The van der Waals surface area contributed by atoms with Gasteiger partial charge in [-0.25, -0.2) is 0 Å². The van der Waals surface area contributed by atoms with E-state index in [4.69, 9.17) is 14.2 Å². The van der Waals surface area contributed by atoms with Gasteiger partial charge in [0.25, 0.3) is 5.91 Å². The van der Waals surface area contributed by atoms with E-state index in [9.17, 15) is 9.59 Å². The predicted molar refractivity (Wildman–Crippen MR) is 99.8 cm³/mol. The molecule has 2 atom stereocenters. The van der Waals surface area contributed by atoms with E-state index < -0.39 is 12.1 Å². The van der Waals surface area contributed by atoms with Crippen LogP contribution in [0.15, 0.2) is 18.2 Å². The minimum Gasteiger partial charge on any atom is -0.493 e. The van der Waals surface area contributed by atoms with Crippen LogP contribution in [0, 0.1) is 0 Å². The number of ether oxygens (including phenoxy) is 3. The molecular formula is C20H28N2O5. The molecule has 1 aliphatic heterocycles. The van der Waals surface area contributed by atoms with Crippen LogP contribution < -0.4 is 20.1 Å². The average molecular weight is 376 g/mol. The molecule has 1 saturated heterocycles. The molecule has 2 aliphatic rings. The highest BCUT2D eigenvalue weighted by atomic mass is 16.5. The Balaban J connectivity index is 1.78. The summed E-state index contributed by atoms with van der Waals surface area (Å²) in [7, 11) is 3.11. The number of nitrogens with one attached hydrogen (secondary N) is 2. The highest BCUT2D eigenvalue weighted by molar-refractivity contribution is 5.86. The lowest BCUT2D eigenvalue weighted by molar-refractivity contribution is -0.148. The predicted octanol–water partition coefficient (Wildman–Crippen LogP) is 2.10. The van der Waals surface area contributed by atoms with E-state index in [1.165, 1.54) is 12.8 Å². The van der Waals surface area contributed by atoms with Crippen molar-refractivity contribution in [1.82, 2.24) is 10.6 Å². The second-order valence-corrected chi connectivity index (χ2v) is 7.09. The molecule has 0 spiro atoms. The number of benzene rings is 1. The number of carbonyl (C=O) groups excluding carboxylic acids is 2. The van der Waals surface area contributed by atoms with E-state index in [-0.39, 0.29) is 24.5 Å². The van der Waals surface area contributed by atoms with E-state index >= 15 is 0 Å². The molecule has 1 aliphatic carbocycles. The summed E-state index contributed by atoms with van der Waals surface area (Å²) in [6.07, 6.45) is 5.91. The van der Waals surface area contributed by atoms with Gasteiger partial charge in [0.1, 0.15) is 6.61 Å². The molecular weight excluding hydrogens is 348 g/mol. The summed E-state index contributed by atoms with van der Waals surface area (Å²) in [6.45, 7) is -0.119. The lowest BCUT2D eigenvalue weighted by Crippen LogP contribution is -2.53. The van der Waals surface area contributed by atoms with Gasteiger partial charge in [-0.2, -0.15) is 0 Å². The van der Waals surface area contributed by atoms with E-state index in [0.29, 0.717) is 11.5 Å². The van der Waals surface area contributed by atoms with Crippen molar-refractivity contribution in [2.75, 3.05) is 20.8 Å². The summed E-state index contributed by atoms with van der Waals surface area (Å²) in [4.78, 5) is 24.8. The number of amides is 2. The third kappa shape index (κ3) is 4.71. The fraction of sp³-hybridized carbons (Fsp3) is 0.600. The molecule has 3 rings (SSSR count). The smallest absolute Gasteiger partial charge is 0.251 e. The number of rotatable bonds is 5. The van der Waals surface area contributed by atoms with Crippen molar-refractivity contribution in [3.05, 3.63) is 23.8 Å². The molecule has 1 aromatic rings. The van der Waals surface area contributed by atoms with E-state index in [2.05, 4.69) is 10.6 Å². The Hall–Kier alpha value is -2.28. The van der Waals surface area contributed by atoms with Crippen LogP contribution in [0.3, 0.4) is 0 Å². The van der Waals surface area contributed by atoms with Crippen LogP contribution in [0.2, 0.25) is 0 Å². The van der Waals surface area contributed by atoms with Crippen LogP contribution in [0.5, 0.6) is 11.5 Å².